The van der Waals surface area contributed by atoms with Crippen molar-refractivity contribution in [2.45, 2.75) is 55.6 Å². The Hall–Kier alpha value is -4.41. The van der Waals surface area contributed by atoms with Crippen molar-refractivity contribution in [1.29, 1.82) is 0 Å². The van der Waals surface area contributed by atoms with Crippen LogP contribution < -0.4 is 5.32 Å². The number of benzene rings is 3. The van der Waals surface area contributed by atoms with Gasteiger partial charge in [0.25, 0.3) is 10.0 Å². The smallest absolute Gasteiger partial charge is 0.408 e. The molecule has 2 aromatic heterocycles. The fourth-order valence-corrected chi connectivity index (χ4v) is 7.72. The van der Waals surface area contributed by atoms with Gasteiger partial charge in [-0.3, -0.25) is 4.90 Å². The molecule has 44 heavy (non-hydrogen) atoms. The highest BCUT2D eigenvalue weighted by Gasteiger charge is 2.40. The molecule has 0 saturated heterocycles. The van der Waals surface area contributed by atoms with Crippen molar-refractivity contribution in [3.8, 4) is 11.3 Å². The molecular formula is C33H32ClN5O4S. The van der Waals surface area contributed by atoms with Gasteiger partial charge in [0, 0.05) is 35.3 Å². The Morgan fingerprint density at radius 3 is 2.48 bits per heavy atom. The summed E-state index contributed by atoms with van der Waals surface area (Å²) >= 11 is 6.63. The molecule has 226 valence electrons. The quantitative estimate of drug-likeness (QED) is 0.185. The van der Waals surface area contributed by atoms with Crippen molar-refractivity contribution in [2.24, 2.45) is 0 Å². The van der Waals surface area contributed by atoms with Gasteiger partial charge in [-0.2, -0.15) is 0 Å². The Morgan fingerprint density at radius 2 is 1.75 bits per heavy atom. The molecule has 0 aliphatic heterocycles. The van der Waals surface area contributed by atoms with Gasteiger partial charge in [-0.1, -0.05) is 78.3 Å². The molecule has 9 nitrogen and oxygen atoms in total. The first-order valence-electron chi connectivity index (χ1n) is 14.4. The Kier molecular flexibility index (Phi) is 8.04. The molecule has 0 bridgehead atoms. The molecule has 2 heterocycles. The largest absolute Gasteiger partial charge is 0.465 e. The van der Waals surface area contributed by atoms with Gasteiger partial charge in [0.1, 0.15) is 0 Å². The summed E-state index contributed by atoms with van der Waals surface area (Å²) in [5, 5.41) is 14.5. The Morgan fingerprint density at radius 1 is 1.07 bits per heavy atom. The van der Waals surface area contributed by atoms with Gasteiger partial charge in [-0.25, -0.2) is 27.2 Å². The van der Waals surface area contributed by atoms with Crippen molar-refractivity contribution >= 4 is 44.6 Å². The number of amides is 1. The number of halogens is 1. The Balaban J connectivity index is 1.30. The lowest BCUT2D eigenvalue weighted by atomic mass is 9.79. The van der Waals surface area contributed by atoms with Crippen molar-refractivity contribution < 1.29 is 18.3 Å². The highest BCUT2D eigenvalue weighted by atomic mass is 35.5. The first-order chi connectivity index (χ1) is 21.2. The predicted molar refractivity (Wildman–Crippen MR) is 171 cm³/mol. The molecule has 1 aliphatic rings. The van der Waals surface area contributed by atoms with E-state index in [0.717, 1.165) is 24.8 Å². The van der Waals surface area contributed by atoms with Crippen LogP contribution in [0.5, 0.6) is 0 Å². The van der Waals surface area contributed by atoms with Crippen LogP contribution in [0.4, 0.5) is 10.7 Å². The first kappa shape index (κ1) is 29.7. The molecule has 0 spiro atoms. The number of hydrogen-bond donors (Lipinski definition) is 2. The van der Waals surface area contributed by atoms with E-state index in [0.29, 0.717) is 41.1 Å². The highest BCUT2D eigenvalue weighted by molar-refractivity contribution is 7.90. The number of aromatic nitrogens is 3. The van der Waals surface area contributed by atoms with Crippen molar-refractivity contribution in [3.63, 3.8) is 0 Å². The standard InChI is InChI=1S/C33H32ClN5O4S/c1-33(38(32(40)41)21-23-11-4-2-5-12-23)18-10-13-24(19-33)36-31-35-20-28(34)30(37-31)27-22-39(29-17-9-8-16-26(27)29)44(42,43)25-14-6-3-7-15-25/h2-9,11-12,14-17,20,22,24H,10,13,18-19,21H2,1H3,(H,40,41)(H,35,36,37)/t24-,33+/m1/s1. The molecule has 1 saturated carbocycles. The third-order valence-electron chi connectivity index (χ3n) is 8.33. The van der Waals surface area contributed by atoms with Crippen LogP contribution in [0.25, 0.3) is 22.2 Å². The highest BCUT2D eigenvalue weighted by Crippen LogP contribution is 2.38. The van der Waals surface area contributed by atoms with E-state index in [2.05, 4.69) is 10.3 Å². The SMILES string of the molecule is C[C@]1(N(Cc2ccccc2)C(=O)O)CCC[C@@H](Nc2ncc(Cl)c(-c3cn(S(=O)(=O)c4ccccc4)c4ccccc34)n2)C1. The maximum atomic E-state index is 13.6. The van der Waals surface area contributed by atoms with Crippen molar-refractivity contribution in [2.75, 3.05) is 5.32 Å². The number of nitrogens with one attached hydrogen (secondary N) is 1. The Labute approximate surface area is 261 Å². The molecule has 5 aromatic rings. The number of fused-ring (bicyclic) bond motifs is 1. The van der Waals surface area contributed by atoms with E-state index in [1.165, 1.54) is 15.1 Å². The maximum Gasteiger partial charge on any atom is 0.408 e. The van der Waals surface area contributed by atoms with Crippen molar-refractivity contribution in [3.05, 3.63) is 108 Å². The summed E-state index contributed by atoms with van der Waals surface area (Å²) in [6.07, 6.45) is 5.07. The van der Waals surface area contributed by atoms with E-state index in [1.807, 2.05) is 49.4 Å². The van der Waals surface area contributed by atoms with E-state index in [-0.39, 0.29) is 16.0 Å². The normalized spacial score (nSPS) is 18.6. The third kappa shape index (κ3) is 5.75. The summed E-state index contributed by atoms with van der Waals surface area (Å²) in [7, 11) is -3.89. The van der Waals surface area contributed by atoms with E-state index in [9.17, 15) is 18.3 Å². The van der Waals surface area contributed by atoms with Crippen LogP contribution in [0.15, 0.2) is 102 Å². The second-order valence-corrected chi connectivity index (χ2v) is 13.6. The molecule has 3 aromatic carbocycles. The lowest BCUT2D eigenvalue weighted by molar-refractivity contribution is 0.0524. The molecule has 0 radical (unpaired) electrons. The second-order valence-electron chi connectivity index (χ2n) is 11.4. The van der Waals surface area contributed by atoms with E-state index < -0.39 is 21.7 Å². The number of nitrogens with zero attached hydrogens (tertiary/aromatic N) is 4. The van der Waals surface area contributed by atoms with Gasteiger partial charge >= 0.3 is 6.09 Å². The lowest BCUT2D eigenvalue weighted by Gasteiger charge is -2.45. The van der Waals surface area contributed by atoms with Gasteiger partial charge < -0.3 is 10.4 Å². The van der Waals surface area contributed by atoms with Crippen LogP contribution in [-0.2, 0) is 16.6 Å². The first-order valence-corrected chi connectivity index (χ1v) is 16.2. The summed E-state index contributed by atoms with van der Waals surface area (Å²) in [6.45, 7) is 2.30. The van der Waals surface area contributed by atoms with E-state index in [1.54, 1.807) is 48.7 Å². The zero-order valence-corrected chi connectivity index (χ0v) is 25.7. The monoisotopic (exact) mass is 629 g/mol. The molecule has 11 heteroatoms. The summed E-state index contributed by atoms with van der Waals surface area (Å²) < 4.78 is 28.5. The van der Waals surface area contributed by atoms with Crippen molar-refractivity contribution in [1.82, 2.24) is 18.8 Å². The molecule has 1 aliphatic carbocycles. The minimum atomic E-state index is -3.89. The number of carboxylic acid groups (broad SMARTS) is 1. The van der Waals surface area contributed by atoms with E-state index >= 15 is 0 Å². The zero-order chi connectivity index (χ0) is 30.9. The fourth-order valence-electron chi connectivity index (χ4n) is 6.14. The number of anilines is 1. The van der Waals surface area contributed by atoms with Gasteiger partial charge in [-0.05, 0) is 56.4 Å². The number of hydrogen-bond acceptors (Lipinski definition) is 6. The number of carbonyl (C=O) groups is 1. The summed E-state index contributed by atoms with van der Waals surface area (Å²) in [5.41, 5.74) is 1.81. The molecular weight excluding hydrogens is 598 g/mol. The number of para-hydroxylation sites is 1. The summed E-state index contributed by atoms with van der Waals surface area (Å²) in [6, 6.07) is 25.0. The third-order valence-corrected chi connectivity index (χ3v) is 10.3. The average Bonchev–Trinajstić information content (AvgIpc) is 3.42. The van der Waals surface area contributed by atoms with Crippen LogP contribution in [0, 0.1) is 0 Å². The van der Waals surface area contributed by atoms with Crippen LogP contribution in [0.1, 0.15) is 38.2 Å². The Bertz CT molecular complexity index is 1920. The average molecular weight is 630 g/mol. The van der Waals surface area contributed by atoms with Gasteiger partial charge in [0.2, 0.25) is 5.95 Å². The van der Waals surface area contributed by atoms with Crippen LogP contribution in [0.3, 0.4) is 0 Å². The summed E-state index contributed by atoms with van der Waals surface area (Å²) in [4.78, 5) is 23.3. The topological polar surface area (TPSA) is 117 Å². The molecule has 6 rings (SSSR count). The van der Waals surface area contributed by atoms with E-state index in [4.69, 9.17) is 16.6 Å². The minimum absolute atomic E-state index is 0.0831. The van der Waals surface area contributed by atoms with Crippen LogP contribution >= 0.6 is 11.6 Å². The summed E-state index contributed by atoms with van der Waals surface area (Å²) in [5.74, 6) is 0.339. The predicted octanol–water partition coefficient (Wildman–Crippen LogP) is 7.28. The molecule has 1 fully saturated rings. The lowest BCUT2D eigenvalue weighted by Crippen LogP contribution is -2.53. The molecule has 0 unspecified atom stereocenters. The molecule has 1 amide bonds. The van der Waals surface area contributed by atoms with Crippen LogP contribution in [0.2, 0.25) is 5.02 Å². The van der Waals surface area contributed by atoms with Gasteiger partial charge in [0.05, 0.1) is 27.3 Å². The second kappa shape index (κ2) is 11.9. The maximum absolute atomic E-state index is 13.6. The molecule has 2 N–H and O–H groups in total. The number of rotatable bonds is 8. The zero-order valence-electron chi connectivity index (χ0n) is 24.1. The minimum Gasteiger partial charge on any atom is -0.465 e. The van der Waals surface area contributed by atoms with Gasteiger partial charge in [-0.15, -0.1) is 0 Å². The molecule has 2 atom stereocenters. The fraction of sp³-hybridized carbons (Fsp3) is 0.242. The van der Waals surface area contributed by atoms with Gasteiger partial charge in [0.15, 0.2) is 0 Å². The van der Waals surface area contributed by atoms with Crippen LogP contribution in [-0.4, -0.2) is 50.0 Å².